The van der Waals surface area contributed by atoms with Crippen molar-refractivity contribution >= 4 is 0 Å². The average molecular weight is 357 g/mol. The molecule has 0 radical (unpaired) electrons. The number of nitrogens with zero attached hydrogens (tertiary/aromatic N) is 5. The number of rotatable bonds is 6. The molecular weight excluding hydrogens is 330 g/mol. The molecule has 0 N–H and O–H groups in total. The molecule has 2 saturated heterocycles. The average Bonchev–Trinajstić information content (AvgIpc) is 2.99. The van der Waals surface area contributed by atoms with Crippen molar-refractivity contribution < 1.29 is 9.47 Å². The summed E-state index contributed by atoms with van der Waals surface area (Å²) in [4.78, 5) is 10.9. The van der Waals surface area contributed by atoms with Gasteiger partial charge in [0, 0.05) is 51.2 Å². The summed E-state index contributed by atoms with van der Waals surface area (Å²) in [5.41, 5.74) is 2.20. The van der Waals surface area contributed by atoms with Crippen LogP contribution in [-0.4, -0.2) is 56.6 Å². The molecule has 2 aliphatic heterocycles. The molecule has 7 heteroatoms. The maximum Gasteiger partial charge on any atom is 0.232 e. The molecule has 26 heavy (non-hydrogen) atoms. The lowest BCUT2D eigenvalue weighted by atomic mass is 9.79. The highest BCUT2D eigenvalue weighted by Crippen LogP contribution is 2.38. The Labute approximate surface area is 154 Å². The van der Waals surface area contributed by atoms with Crippen LogP contribution in [0.15, 0.2) is 24.8 Å². The molecule has 0 aromatic carbocycles. The first-order chi connectivity index (χ1) is 12.6. The fraction of sp³-hybridized carbons (Fsp3) is 0.632. The van der Waals surface area contributed by atoms with E-state index in [2.05, 4.69) is 26.2 Å². The topological polar surface area (TPSA) is 65.3 Å². The third kappa shape index (κ3) is 4.04. The second-order valence-electron chi connectivity index (χ2n) is 7.69. The van der Waals surface area contributed by atoms with E-state index in [4.69, 9.17) is 9.47 Å². The fourth-order valence-corrected chi connectivity index (χ4v) is 4.13. The molecule has 0 saturated carbocycles. The van der Waals surface area contributed by atoms with E-state index in [-0.39, 0.29) is 5.60 Å². The standard InChI is InChI=1S/C19H27N5O2/c1-15-8-20-10-18(22-15)25-5-3-16-4-6-26-19(7-16)13-24(14-19)12-17-9-21-23(2)11-17/h8-11,16H,3-7,12-14H2,1-2H3. The van der Waals surface area contributed by atoms with E-state index in [1.807, 2.05) is 24.9 Å². The molecule has 0 aliphatic carbocycles. The summed E-state index contributed by atoms with van der Waals surface area (Å²) in [6.07, 6.45) is 10.7. The van der Waals surface area contributed by atoms with Gasteiger partial charge in [-0.2, -0.15) is 5.10 Å². The molecular formula is C19H27N5O2. The molecule has 2 aromatic heterocycles. The number of likely N-dealkylation sites (tertiary alicyclic amines) is 1. The summed E-state index contributed by atoms with van der Waals surface area (Å²) in [5.74, 6) is 1.28. The first-order valence-electron chi connectivity index (χ1n) is 9.36. The minimum atomic E-state index is 0.0499. The van der Waals surface area contributed by atoms with Gasteiger partial charge in [-0.3, -0.25) is 14.6 Å². The zero-order valence-corrected chi connectivity index (χ0v) is 15.6. The van der Waals surface area contributed by atoms with Crippen molar-refractivity contribution in [3.63, 3.8) is 0 Å². The maximum atomic E-state index is 6.16. The predicted octanol–water partition coefficient (Wildman–Crippen LogP) is 1.97. The van der Waals surface area contributed by atoms with Crippen LogP contribution in [-0.2, 0) is 18.3 Å². The Kier molecular flexibility index (Phi) is 4.91. The molecule has 1 atom stereocenters. The zero-order valence-electron chi connectivity index (χ0n) is 15.6. The van der Waals surface area contributed by atoms with Crippen LogP contribution in [0.4, 0.5) is 0 Å². The van der Waals surface area contributed by atoms with Gasteiger partial charge in [0.2, 0.25) is 5.88 Å². The van der Waals surface area contributed by atoms with Gasteiger partial charge in [-0.15, -0.1) is 0 Å². The van der Waals surface area contributed by atoms with Crippen LogP contribution in [0, 0.1) is 12.8 Å². The number of aromatic nitrogens is 4. The van der Waals surface area contributed by atoms with Gasteiger partial charge < -0.3 is 9.47 Å². The number of aryl methyl sites for hydroxylation is 2. The molecule has 1 unspecified atom stereocenters. The molecule has 7 nitrogen and oxygen atoms in total. The van der Waals surface area contributed by atoms with Crippen molar-refractivity contribution in [2.75, 3.05) is 26.3 Å². The van der Waals surface area contributed by atoms with E-state index in [9.17, 15) is 0 Å². The molecule has 1 spiro atoms. The molecule has 0 amide bonds. The van der Waals surface area contributed by atoms with E-state index < -0.39 is 0 Å². The van der Waals surface area contributed by atoms with Crippen LogP contribution in [0.1, 0.15) is 30.5 Å². The Morgan fingerprint density at radius 3 is 2.96 bits per heavy atom. The van der Waals surface area contributed by atoms with Gasteiger partial charge >= 0.3 is 0 Å². The van der Waals surface area contributed by atoms with Crippen molar-refractivity contribution in [3.05, 3.63) is 36.0 Å². The van der Waals surface area contributed by atoms with Crippen LogP contribution in [0.25, 0.3) is 0 Å². The summed E-state index contributed by atoms with van der Waals surface area (Å²) in [6.45, 7) is 6.47. The quantitative estimate of drug-likeness (QED) is 0.787. The van der Waals surface area contributed by atoms with Crippen LogP contribution in [0.2, 0.25) is 0 Å². The van der Waals surface area contributed by atoms with E-state index in [0.717, 1.165) is 51.2 Å². The first-order valence-corrected chi connectivity index (χ1v) is 9.36. The Hall–Kier alpha value is -1.99. The molecule has 4 heterocycles. The van der Waals surface area contributed by atoms with Crippen LogP contribution in [0.3, 0.4) is 0 Å². The monoisotopic (exact) mass is 357 g/mol. The Morgan fingerprint density at radius 2 is 2.19 bits per heavy atom. The smallest absolute Gasteiger partial charge is 0.232 e. The van der Waals surface area contributed by atoms with Gasteiger partial charge in [-0.1, -0.05) is 0 Å². The van der Waals surface area contributed by atoms with Gasteiger partial charge in [0.05, 0.1) is 30.3 Å². The van der Waals surface area contributed by atoms with Gasteiger partial charge in [0.15, 0.2) is 0 Å². The molecule has 2 aromatic rings. The van der Waals surface area contributed by atoms with Crippen LogP contribution >= 0.6 is 0 Å². The van der Waals surface area contributed by atoms with E-state index in [1.165, 1.54) is 5.56 Å². The summed E-state index contributed by atoms with van der Waals surface area (Å²) in [6, 6.07) is 0. The minimum absolute atomic E-state index is 0.0499. The molecule has 0 bridgehead atoms. The SMILES string of the molecule is Cc1cncc(OCCC2CCOC3(C2)CN(Cc2cnn(C)c2)C3)n1. The lowest BCUT2D eigenvalue weighted by Crippen LogP contribution is -2.64. The third-order valence-electron chi connectivity index (χ3n) is 5.29. The summed E-state index contributed by atoms with van der Waals surface area (Å²) in [7, 11) is 1.96. The Bertz CT molecular complexity index is 741. The van der Waals surface area contributed by atoms with Gasteiger partial charge in [0.25, 0.3) is 0 Å². The maximum absolute atomic E-state index is 6.16. The molecule has 2 aliphatic rings. The van der Waals surface area contributed by atoms with Crippen LogP contribution < -0.4 is 4.74 Å². The Balaban J connectivity index is 1.22. The van der Waals surface area contributed by atoms with Gasteiger partial charge in [-0.05, 0) is 32.1 Å². The third-order valence-corrected chi connectivity index (χ3v) is 5.29. The fourth-order valence-electron chi connectivity index (χ4n) is 4.13. The normalized spacial score (nSPS) is 22.3. The Morgan fingerprint density at radius 1 is 1.31 bits per heavy atom. The minimum Gasteiger partial charge on any atom is -0.477 e. The van der Waals surface area contributed by atoms with Crippen molar-refractivity contribution in [1.29, 1.82) is 0 Å². The lowest BCUT2D eigenvalue weighted by molar-refractivity contribution is -0.182. The lowest BCUT2D eigenvalue weighted by Gasteiger charge is -2.53. The zero-order chi connectivity index (χ0) is 18.0. The van der Waals surface area contributed by atoms with Gasteiger partial charge in [0.1, 0.15) is 0 Å². The largest absolute Gasteiger partial charge is 0.477 e. The summed E-state index contributed by atoms with van der Waals surface area (Å²) >= 11 is 0. The number of hydrogen-bond donors (Lipinski definition) is 0. The number of hydrogen-bond acceptors (Lipinski definition) is 6. The highest BCUT2D eigenvalue weighted by molar-refractivity contribution is 5.09. The van der Waals surface area contributed by atoms with Gasteiger partial charge in [-0.25, -0.2) is 4.98 Å². The summed E-state index contributed by atoms with van der Waals surface area (Å²) in [5, 5.41) is 4.24. The van der Waals surface area contributed by atoms with E-state index >= 15 is 0 Å². The highest BCUT2D eigenvalue weighted by Gasteiger charge is 2.47. The predicted molar refractivity (Wildman–Crippen MR) is 96.8 cm³/mol. The van der Waals surface area contributed by atoms with Crippen molar-refractivity contribution in [2.45, 2.75) is 38.3 Å². The molecule has 140 valence electrons. The molecule has 2 fully saturated rings. The second-order valence-corrected chi connectivity index (χ2v) is 7.69. The van der Waals surface area contributed by atoms with E-state index in [0.29, 0.717) is 18.4 Å². The second kappa shape index (κ2) is 7.32. The highest BCUT2D eigenvalue weighted by atomic mass is 16.5. The first kappa shape index (κ1) is 17.4. The van der Waals surface area contributed by atoms with Crippen molar-refractivity contribution in [1.82, 2.24) is 24.6 Å². The summed E-state index contributed by atoms with van der Waals surface area (Å²) < 4.78 is 13.8. The molecule has 4 rings (SSSR count). The van der Waals surface area contributed by atoms with E-state index in [1.54, 1.807) is 12.4 Å². The van der Waals surface area contributed by atoms with Crippen molar-refractivity contribution in [2.24, 2.45) is 13.0 Å². The van der Waals surface area contributed by atoms with Crippen LogP contribution in [0.5, 0.6) is 5.88 Å². The van der Waals surface area contributed by atoms with Crippen molar-refractivity contribution in [3.8, 4) is 5.88 Å². The number of ether oxygens (including phenoxy) is 2.